The molecule has 0 saturated heterocycles. The number of aromatic nitrogens is 2. The van der Waals surface area contributed by atoms with Gasteiger partial charge in [-0.15, -0.1) is 10.2 Å². The molecule has 3 heteroatoms. The Balaban J connectivity index is 0.899. The topological polar surface area (TPSA) is 38.9 Å². The lowest BCUT2D eigenvalue weighted by Crippen LogP contribution is -2.02. The Hall–Kier alpha value is -11.8. The van der Waals surface area contributed by atoms with E-state index in [2.05, 4.69) is 352 Å². The van der Waals surface area contributed by atoms with Gasteiger partial charge >= 0.3 is 0 Å². The third kappa shape index (κ3) is 10.4. The Bertz CT molecular complexity index is 4360. The van der Waals surface area contributed by atoms with Gasteiger partial charge in [0, 0.05) is 11.1 Å². The molecule has 1 aromatic heterocycles. The van der Waals surface area contributed by atoms with E-state index < -0.39 is 0 Å². The summed E-state index contributed by atoms with van der Waals surface area (Å²) in [5.41, 5.74) is 28.9. The first-order chi connectivity index (χ1) is 44.2. The lowest BCUT2D eigenvalue weighted by molar-refractivity contribution is 0.584. The molecule has 0 unspecified atom stereocenters. The first kappa shape index (κ1) is 53.9. The van der Waals surface area contributed by atoms with Gasteiger partial charge in [0.2, 0.25) is 11.8 Å². The minimum absolute atomic E-state index is 0.436. The van der Waals surface area contributed by atoms with E-state index >= 15 is 0 Å². The third-order valence-corrected chi connectivity index (χ3v) is 16.9. The van der Waals surface area contributed by atoms with Crippen LogP contribution in [0.4, 0.5) is 0 Å². The summed E-state index contributed by atoms with van der Waals surface area (Å²) in [6.45, 7) is 0. The van der Waals surface area contributed by atoms with Gasteiger partial charge in [-0.05, 0) is 158 Å². The molecule has 15 rings (SSSR count). The van der Waals surface area contributed by atoms with Gasteiger partial charge in [0.25, 0.3) is 0 Å². The van der Waals surface area contributed by atoms with Crippen molar-refractivity contribution in [3.8, 4) is 156 Å². The Morgan fingerprint density at radius 1 is 0.124 bits per heavy atom. The highest BCUT2D eigenvalue weighted by Gasteiger charge is 2.31. The monoisotopic (exact) mass is 1130 g/mol. The molecule has 0 saturated carbocycles. The molecule has 418 valence electrons. The van der Waals surface area contributed by atoms with E-state index in [0.717, 1.165) is 111 Å². The Morgan fingerprint density at radius 2 is 0.236 bits per heavy atom. The van der Waals surface area contributed by atoms with Crippen LogP contribution in [-0.2, 0) is 0 Å². The molecule has 89 heavy (non-hydrogen) atoms. The van der Waals surface area contributed by atoms with Gasteiger partial charge in [-0.1, -0.05) is 328 Å². The van der Waals surface area contributed by atoms with Crippen LogP contribution in [0.15, 0.2) is 356 Å². The van der Waals surface area contributed by atoms with Crippen molar-refractivity contribution >= 4 is 0 Å². The molecule has 0 spiro atoms. The average molecular weight is 1140 g/mol. The van der Waals surface area contributed by atoms with Crippen molar-refractivity contribution in [3.05, 3.63) is 352 Å². The molecule has 3 nitrogen and oxygen atoms in total. The zero-order valence-corrected chi connectivity index (χ0v) is 48.8. The molecular weight excluding hydrogens is 1080 g/mol. The molecule has 14 aromatic carbocycles. The number of nitrogens with zero attached hydrogens (tertiary/aromatic N) is 2. The maximum absolute atomic E-state index is 6.73. The van der Waals surface area contributed by atoms with Crippen LogP contribution in [0.5, 0.6) is 0 Å². The van der Waals surface area contributed by atoms with E-state index in [1.54, 1.807) is 0 Å². The minimum Gasteiger partial charge on any atom is -0.416 e. The van der Waals surface area contributed by atoms with Gasteiger partial charge in [-0.3, -0.25) is 0 Å². The molecule has 15 aromatic rings. The summed E-state index contributed by atoms with van der Waals surface area (Å²) >= 11 is 0. The van der Waals surface area contributed by atoms with Gasteiger partial charge in [-0.25, -0.2) is 0 Å². The quantitative estimate of drug-likeness (QED) is 0.109. The van der Waals surface area contributed by atoms with Crippen LogP contribution in [-0.4, -0.2) is 10.2 Å². The normalized spacial score (nSPS) is 11.1. The highest BCUT2D eigenvalue weighted by molar-refractivity contribution is 6.17. The fourth-order valence-electron chi connectivity index (χ4n) is 13.0. The number of benzene rings is 14. The molecule has 0 aliphatic carbocycles. The van der Waals surface area contributed by atoms with Gasteiger partial charge in [0.05, 0.1) is 0 Å². The number of hydrogen-bond donors (Lipinski definition) is 0. The highest BCUT2D eigenvalue weighted by Crippen LogP contribution is 2.58. The third-order valence-electron chi connectivity index (χ3n) is 16.9. The summed E-state index contributed by atoms with van der Waals surface area (Å²) in [6, 6.07) is 126. The summed E-state index contributed by atoms with van der Waals surface area (Å²) < 4.78 is 6.73. The van der Waals surface area contributed by atoms with E-state index in [0.29, 0.717) is 11.8 Å². The standard InChI is InChI=1S/C86H58N2O/c1-11-31-59(32-12-1)73-75(61-35-15-3-16-36-61)79(65-43-23-7-24-44-65)83(80(66-45-25-8-26-46-66)76(73)62-37-17-4-18-38-62)69-51-55-71(56-52-69)85-87-88-86(89-85)72-57-53-70(54-58-72)84-81(67-47-27-9-28-48-67)77(63-39-19-5-20-40-63)74(60-33-13-2-14-34-60)78(64-41-21-6-22-42-64)82(84)68-49-29-10-30-50-68/h1-58H. The Kier molecular flexibility index (Phi) is 14.7. The van der Waals surface area contributed by atoms with Crippen LogP contribution in [0.25, 0.3) is 156 Å². The highest BCUT2D eigenvalue weighted by atomic mass is 16.4. The van der Waals surface area contributed by atoms with Crippen LogP contribution < -0.4 is 0 Å². The molecule has 0 aliphatic heterocycles. The second-order valence-corrected chi connectivity index (χ2v) is 22.2. The molecule has 0 atom stereocenters. The maximum atomic E-state index is 6.73. The summed E-state index contributed by atoms with van der Waals surface area (Å²) in [5.74, 6) is 0.872. The molecule has 1 heterocycles. The predicted octanol–water partition coefficient (Wildman–Crippen LogP) is 23.4. The van der Waals surface area contributed by atoms with Crippen molar-refractivity contribution in [2.75, 3.05) is 0 Å². The SMILES string of the molecule is c1ccc(-c2c(-c3ccccc3)c(-c3ccccc3)c(-c3ccc(-c4nnc(-c5ccc(-c6c(-c7ccccc7)c(-c7ccccc7)c(-c7ccccc7)c(-c7ccccc7)c6-c6ccccc6)cc5)o4)cc3)c(-c3ccccc3)c2-c2ccccc2)cc1. The van der Waals surface area contributed by atoms with Gasteiger partial charge in [-0.2, -0.15) is 0 Å². The molecular formula is C86H58N2O. The Labute approximate surface area is 519 Å². The van der Waals surface area contributed by atoms with Crippen molar-refractivity contribution in [2.45, 2.75) is 0 Å². The molecule has 0 bridgehead atoms. The number of rotatable bonds is 14. The van der Waals surface area contributed by atoms with E-state index in [-0.39, 0.29) is 0 Å². The van der Waals surface area contributed by atoms with Crippen molar-refractivity contribution in [3.63, 3.8) is 0 Å². The number of hydrogen-bond acceptors (Lipinski definition) is 3. The van der Waals surface area contributed by atoms with Gasteiger partial charge in [0.1, 0.15) is 0 Å². The van der Waals surface area contributed by atoms with Crippen LogP contribution in [0.3, 0.4) is 0 Å². The molecule has 0 fully saturated rings. The fraction of sp³-hybridized carbons (Fsp3) is 0. The van der Waals surface area contributed by atoms with Gasteiger partial charge in [0.15, 0.2) is 0 Å². The first-order valence-corrected chi connectivity index (χ1v) is 30.3. The lowest BCUT2D eigenvalue weighted by Gasteiger charge is -2.28. The largest absolute Gasteiger partial charge is 0.416 e. The van der Waals surface area contributed by atoms with Gasteiger partial charge < -0.3 is 4.42 Å². The average Bonchev–Trinajstić information content (AvgIpc) is 1.43. The maximum Gasteiger partial charge on any atom is 0.248 e. The molecule has 0 amide bonds. The molecule has 0 aliphatic rings. The van der Waals surface area contributed by atoms with E-state index in [1.165, 1.54) is 33.4 Å². The van der Waals surface area contributed by atoms with Crippen LogP contribution >= 0.6 is 0 Å². The summed E-state index contributed by atoms with van der Waals surface area (Å²) in [5, 5.41) is 9.50. The lowest BCUT2D eigenvalue weighted by atomic mass is 9.74. The first-order valence-electron chi connectivity index (χ1n) is 30.3. The van der Waals surface area contributed by atoms with Crippen LogP contribution in [0, 0.1) is 0 Å². The zero-order chi connectivity index (χ0) is 59.3. The zero-order valence-electron chi connectivity index (χ0n) is 48.8. The van der Waals surface area contributed by atoms with E-state index in [1.807, 2.05) is 0 Å². The molecule has 0 N–H and O–H groups in total. The summed E-state index contributed by atoms with van der Waals surface area (Å²) in [6.07, 6.45) is 0. The molecule has 0 radical (unpaired) electrons. The van der Waals surface area contributed by atoms with Crippen molar-refractivity contribution < 1.29 is 4.42 Å². The second-order valence-electron chi connectivity index (χ2n) is 22.2. The van der Waals surface area contributed by atoms with E-state index in [4.69, 9.17) is 14.6 Å². The fourth-order valence-corrected chi connectivity index (χ4v) is 13.0. The predicted molar refractivity (Wildman–Crippen MR) is 370 cm³/mol. The minimum atomic E-state index is 0.436. The van der Waals surface area contributed by atoms with Crippen LogP contribution in [0.2, 0.25) is 0 Å². The summed E-state index contributed by atoms with van der Waals surface area (Å²) in [7, 11) is 0. The van der Waals surface area contributed by atoms with Crippen LogP contribution in [0.1, 0.15) is 0 Å². The second kappa shape index (κ2) is 24.3. The summed E-state index contributed by atoms with van der Waals surface area (Å²) in [4.78, 5) is 0. The van der Waals surface area contributed by atoms with Crippen molar-refractivity contribution in [2.24, 2.45) is 0 Å². The van der Waals surface area contributed by atoms with E-state index in [9.17, 15) is 0 Å². The Morgan fingerprint density at radius 3 is 0.371 bits per heavy atom. The van der Waals surface area contributed by atoms with Crippen molar-refractivity contribution in [1.29, 1.82) is 0 Å². The van der Waals surface area contributed by atoms with Crippen molar-refractivity contribution in [1.82, 2.24) is 10.2 Å². The smallest absolute Gasteiger partial charge is 0.248 e.